The number of hydrogen-bond acceptors (Lipinski definition) is 10. The summed E-state index contributed by atoms with van der Waals surface area (Å²) in [5.41, 5.74) is 1.14. The van der Waals surface area contributed by atoms with Gasteiger partial charge in [-0.05, 0) is 52.0 Å². The number of methoxy groups -OCH3 is 1. The van der Waals surface area contributed by atoms with Gasteiger partial charge >= 0.3 is 12.0 Å². The van der Waals surface area contributed by atoms with Crippen LogP contribution in [0.5, 0.6) is 6.01 Å². The molecule has 0 bridgehead atoms. The lowest BCUT2D eigenvalue weighted by Crippen LogP contribution is -2.28. The first-order valence-electron chi connectivity index (χ1n) is 10.4. The molecule has 2 aromatic heterocycles. The summed E-state index contributed by atoms with van der Waals surface area (Å²) in [6.45, 7) is 6.43. The van der Waals surface area contributed by atoms with Gasteiger partial charge in [-0.2, -0.15) is 9.97 Å². The normalized spacial score (nSPS) is 13.1. The van der Waals surface area contributed by atoms with Gasteiger partial charge < -0.3 is 14.8 Å². The molecule has 0 saturated carbocycles. The first-order chi connectivity index (χ1) is 16.0. The molecule has 4 aromatic rings. The average Bonchev–Trinajstić information content (AvgIpc) is 3.19. The van der Waals surface area contributed by atoms with Gasteiger partial charge in [0.25, 0.3) is 0 Å². The predicted molar refractivity (Wildman–Crippen MR) is 131 cm³/mol. The van der Waals surface area contributed by atoms with Gasteiger partial charge in [0, 0.05) is 0 Å². The van der Waals surface area contributed by atoms with E-state index in [9.17, 15) is 13.2 Å². The molecular formula is C23H24N4O5S2. The Morgan fingerprint density at radius 2 is 1.74 bits per heavy atom. The van der Waals surface area contributed by atoms with Crippen molar-refractivity contribution in [2.24, 2.45) is 0 Å². The van der Waals surface area contributed by atoms with Gasteiger partial charge in [-0.1, -0.05) is 29.5 Å². The number of benzene rings is 2. The maximum Gasteiger partial charge on any atom is 0.346 e. The molecule has 0 spiro atoms. The standard InChI is InChI=1S/C23H24N4O5S2/c1-13(20(28)31-5)32-21-24-15-10-8-12-17(34(29,30)23(2,3)4)18(15)19(26-21)27-22-25-14-9-6-7-11-16(14)33-22/h6-13H,1-5H3,(H,24,25,26,27). The summed E-state index contributed by atoms with van der Waals surface area (Å²) in [5.74, 6) is -0.381. The predicted octanol–water partition coefficient (Wildman–Crippen LogP) is 4.50. The zero-order chi connectivity index (χ0) is 24.7. The second-order valence-electron chi connectivity index (χ2n) is 8.52. The van der Waals surface area contributed by atoms with Gasteiger partial charge in [0.2, 0.25) is 0 Å². The Hall–Kier alpha value is -3.31. The van der Waals surface area contributed by atoms with Crippen molar-refractivity contribution in [3.63, 3.8) is 0 Å². The van der Waals surface area contributed by atoms with Crippen molar-refractivity contribution in [3.05, 3.63) is 42.5 Å². The molecule has 0 saturated heterocycles. The fraction of sp³-hybridized carbons (Fsp3) is 0.304. The van der Waals surface area contributed by atoms with Crippen LogP contribution in [-0.2, 0) is 19.4 Å². The fourth-order valence-electron chi connectivity index (χ4n) is 3.23. The van der Waals surface area contributed by atoms with Crippen molar-refractivity contribution >= 4 is 59.2 Å². The first-order valence-corrected chi connectivity index (χ1v) is 12.7. The number of nitrogens with one attached hydrogen (secondary N) is 1. The number of sulfone groups is 1. The number of para-hydroxylation sites is 1. The van der Waals surface area contributed by atoms with E-state index in [0.29, 0.717) is 16.0 Å². The molecule has 0 aliphatic heterocycles. The Labute approximate surface area is 201 Å². The highest BCUT2D eigenvalue weighted by Crippen LogP contribution is 2.37. The number of esters is 1. The minimum Gasteiger partial charge on any atom is -0.466 e. The van der Waals surface area contributed by atoms with Crippen LogP contribution in [0.2, 0.25) is 0 Å². The van der Waals surface area contributed by atoms with Crippen LogP contribution in [0.15, 0.2) is 47.4 Å². The molecule has 0 radical (unpaired) electrons. The highest BCUT2D eigenvalue weighted by atomic mass is 32.2. The quantitative estimate of drug-likeness (QED) is 0.382. The van der Waals surface area contributed by atoms with E-state index >= 15 is 0 Å². The zero-order valence-electron chi connectivity index (χ0n) is 19.3. The second kappa shape index (κ2) is 8.80. The van der Waals surface area contributed by atoms with Crippen LogP contribution in [0.25, 0.3) is 21.1 Å². The van der Waals surface area contributed by atoms with E-state index in [-0.39, 0.29) is 16.7 Å². The number of hydrogen-bond donors (Lipinski definition) is 1. The van der Waals surface area contributed by atoms with Crippen molar-refractivity contribution in [1.29, 1.82) is 0 Å². The fourth-order valence-corrected chi connectivity index (χ4v) is 5.48. The maximum atomic E-state index is 13.4. The SMILES string of the molecule is COC(=O)C(C)Oc1nc(Nc2nc3ccccc3s2)c2c(S(=O)(=O)C(C)(C)C)cccc2n1. The molecule has 0 fully saturated rings. The zero-order valence-corrected chi connectivity index (χ0v) is 21.0. The van der Waals surface area contributed by atoms with Crippen molar-refractivity contribution < 1.29 is 22.7 Å². The third-order valence-electron chi connectivity index (χ3n) is 5.09. The molecule has 34 heavy (non-hydrogen) atoms. The third-order valence-corrected chi connectivity index (χ3v) is 8.58. The summed E-state index contributed by atoms with van der Waals surface area (Å²) in [6.07, 6.45) is -0.959. The molecule has 4 rings (SSSR count). The van der Waals surface area contributed by atoms with Crippen LogP contribution >= 0.6 is 11.3 Å². The Kier molecular flexibility index (Phi) is 6.17. The molecule has 0 aliphatic rings. The molecule has 0 amide bonds. The van der Waals surface area contributed by atoms with Crippen molar-refractivity contribution in [1.82, 2.24) is 15.0 Å². The Morgan fingerprint density at radius 3 is 2.41 bits per heavy atom. The minimum atomic E-state index is -3.75. The van der Waals surface area contributed by atoms with Gasteiger partial charge in [0.1, 0.15) is 5.82 Å². The largest absolute Gasteiger partial charge is 0.466 e. The number of fused-ring (bicyclic) bond motifs is 2. The van der Waals surface area contributed by atoms with Crippen molar-refractivity contribution in [2.45, 2.75) is 43.4 Å². The van der Waals surface area contributed by atoms with Gasteiger partial charge in [-0.25, -0.2) is 18.2 Å². The Bertz CT molecular complexity index is 1460. The lowest BCUT2D eigenvalue weighted by Gasteiger charge is -2.21. The van der Waals surface area contributed by atoms with Crippen LogP contribution in [0.4, 0.5) is 10.9 Å². The average molecular weight is 501 g/mol. The molecule has 9 nitrogen and oxygen atoms in total. The number of nitrogens with zero attached hydrogens (tertiary/aromatic N) is 3. The van der Waals surface area contributed by atoms with E-state index in [1.165, 1.54) is 31.4 Å². The number of aromatic nitrogens is 3. The van der Waals surface area contributed by atoms with Crippen LogP contribution < -0.4 is 10.1 Å². The highest BCUT2D eigenvalue weighted by Gasteiger charge is 2.34. The van der Waals surface area contributed by atoms with Crippen molar-refractivity contribution in [2.75, 3.05) is 12.4 Å². The number of carbonyl (C=O) groups is 1. The van der Waals surface area contributed by atoms with E-state index in [0.717, 1.165) is 10.2 Å². The molecule has 1 unspecified atom stereocenters. The molecule has 11 heteroatoms. The van der Waals surface area contributed by atoms with E-state index in [1.54, 1.807) is 32.9 Å². The minimum absolute atomic E-state index is 0.0914. The smallest absolute Gasteiger partial charge is 0.346 e. The summed E-state index contributed by atoms with van der Waals surface area (Å²) in [4.78, 5) is 25.3. The summed E-state index contributed by atoms with van der Waals surface area (Å²) in [5, 5.41) is 3.99. The Balaban J connectivity index is 1.92. The van der Waals surface area contributed by atoms with E-state index in [1.807, 2.05) is 24.3 Å². The maximum absolute atomic E-state index is 13.4. The van der Waals surface area contributed by atoms with Gasteiger partial charge in [-0.3, -0.25) is 0 Å². The van der Waals surface area contributed by atoms with E-state index < -0.39 is 26.7 Å². The molecule has 2 heterocycles. The van der Waals surface area contributed by atoms with E-state index in [4.69, 9.17) is 9.47 Å². The number of anilines is 2. The summed E-state index contributed by atoms with van der Waals surface area (Å²) >= 11 is 1.40. The number of carbonyl (C=O) groups excluding carboxylic acids is 1. The van der Waals surface area contributed by atoms with Crippen molar-refractivity contribution in [3.8, 4) is 6.01 Å². The van der Waals surface area contributed by atoms with Gasteiger partial charge in [0.05, 0.1) is 37.9 Å². The molecule has 2 aromatic carbocycles. The number of rotatable bonds is 6. The summed E-state index contributed by atoms with van der Waals surface area (Å²) in [6, 6.07) is 12.3. The highest BCUT2D eigenvalue weighted by molar-refractivity contribution is 7.93. The van der Waals surface area contributed by atoms with Gasteiger partial charge in [0.15, 0.2) is 21.1 Å². The lowest BCUT2D eigenvalue weighted by molar-refractivity contribution is -0.148. The van der Waals surface area contributed by atoms with E-state index in [2.05, 4.69) is 20.3 Å². The van der Waals surface area contributed by atoms with Crippen LogP contribution in [0, 0.1) is 0 Å². The number of ether oxygens (including phenoxy) is 2. The van der Waals surface area contributed by atoms with Crippen LogP contribution in [0.3, 0.4) is 0 Å². The molecular weight excluding hydrogens is 476 g/mol. The monoisotopic (exact) mass is 500 g/mol. The van der Waals surface area contributed by atoms with Crippen LogP contribution in [-0.4, -0.2) is 47.3 Å². The third kappa shape index (κ3) is 4.40. The first kappa shape index (κ1) is 23.8. The van der Waals surface area contributed by atoms with Crippen LogP contribution in [0.1, 0.15) is 27.7 Å². The van der Waals surface area contributed by atoms with Gasteiger partial charge in [-0.15, -0.1) is 0 Å². The second-order valence-corrected chi connectivity index (χ2v) is 12.2. The number of thiazole rings is 1. The Morgan fingerprint density at radius 1 is 1.03 bits per heavy atom. The molecule has 0 aliphatic carbocycles. The lowest BCUT2D eigenvalue weighted by atomic mass is 10.2. The molecule has 1 atom stereocenters. The summed E-state index contributed by atoms with van der Waals surface area (Å²) in [7, 11) is -2.49. The molecule has 1 N–H and O–H groups in total. The topological polar surface area (TPSA) is 120 Å². The molecule has 178 valence electrons. The summed E-state index contributed by atoms with van der Waals surface area (Å²) < 4.78 is 37.0.